The third-order valence-corrected chi connectivity index (χ3v) is 4.69. The normalized spacial score (nSPS) is 13.0. The summed E-state index contributed by atoms with van der Waals surface area (Å²) in [7, 11) is 0. The van der Waals surface area contributed by atoms with Crippen LogP contribution in [-0.4, -0.2) is 24.1 Å². The maximum Gasteiger partial charge on any atom is 0.266 e. The summed E-state index contributed by atoms with van der Waals surface area (Å²) in [5.41, 5.74) is 7.52. The lowest BCUT2D eigenvalue weighted by Gasteiger charge is -2.19. The number of hydrogen-bond acceptors (Lipinski definition) is 7. The van der Waals surface area contributed by atoms with Crippen LogP contribution in [0.4, 0.5) is 5.82 Å². The van der Waals surface area contributed by atoms with Gasteiger partial charge in [0.15, 0.2) is 11.5 Å². The predicted octanol–water partition coefficient (Wildman–Crippen LogP) is 3.94. The molecule has 150 valence electrons. The van der Waals surface area contributed by atoms with Crippen LogP contribution in [0.25, 0.3) is 11.1 Å². The van der Waals surface area contributed by atoms with Crippen LogP contribution in [0.1, 0.15) is 20.8 Å². The lowest BCUT2D eigenvalue weighted by atomic mass is 10.1. The van der Waals surface area contributed by atoms with Crippen molar-refractivity contribution < 1.29 is 14.3 Å². The number of benzene rings is 1. The molecular weight excluding hydrogens is 400 g/mol. The minimum atomic E-state index is -0.407. The van der Waals surface area contributed by atoms with E-state index < -0.39 is 5.91 Å². The van der Waals surface area contributed by atoms with Crippen molar-refractivity contribution in [1.29, 1.82) is 0 Å². The van der Waals surface area contributed by atoms with Crippen LogP contribution in [0, 0.1) is 0 Å². The molecule has 0 saturated carbocycles. The standard InChI is InChI=1S/C17H17ClN4O3S.C2H6/c1-9(19)16(26-20)17(23)22-15-3-2-10(8-21-15)11-6-13-14(7-12(11)18)25-5-4-24-13;1-2/h2-3,6-8H,4-5,19-20H2,1H3,(H,21,22,23);1-2H3/b16-9-;. The minimum absolute atomic E-state index is 0.241. The Balaban J connectivity index is 0.00000136. The van der Waals surface area contributed by atoms with Crippen molar-refractivity contribution in [3.63, 3.8) is 0 Å². The second-order valence-corrected chi connectivity index (χ2v) is 6.54. The van der Waals surface area contributed by atoms with E-state index in [9.17, 15) is 4.79 Å². The number of hydrogen-bond donors (Lipinski definition) is 3. The molecule has 0 unspecified atom stereocenters. The summed E-state index contributed by atoms with van der Waals surface area (Å²) in [6.07, 6.45) is 1.61. The first-order valence-corrected chi connectivity index (χ1v) is 9.95. The molecule has 0 saturated heterocycles. The fraction of sp³-hybridized carbons (Fsp3) is 0.263. The summed E-state index contributed by atoms with van der Waals surface area (Å²) < 4.78 is 11.1. The number of aromatic nitrogens is 1. The van der Waals surface area contributed by atoms with Gasteiger partial charge in [0, 0.05) is 29.1 Å². The Morgan fingerprint density at radius 2 is 1.86 bits per heavy atom. The molecule has 1 amide bonds. The van der Waals surface area contributed by atoms with Crippen molar-refractivity contribution in [3.8, 4) is 22.6 Å². The zero-order valence-electron chi connectivity index (χ0n) is 15.9. The van der Waals surface area contributed by atoms with Gasteiger partial charge in [0.25, 0.3) is 5.91 Å². The van der Waals surface area contributed by atoms with Gasteiger partial charge in [-0.15, -0.1) is 0 Å². The summed E-state index contributed by atoms with van der Waals surface area (Å²) in [4.78, 5) is 16.6. The van der Waals surface area contributed by atoms with Gasteiger partial charge in [-0.05, 0) is 37.1 Å². The van der Waals surface area contributed by atoms with Crippen LogP contribution < -0.4 is 25.7 Å². The number of amides is 1. The number of anilines is 1. The third kappa shape index (κ3) is 5.09. The lowest BCUT2D eigenvalue weighted by Crippen LogP contribution is -2.17. The smallest absolute Gasteiger partial charge is 0.266 e. The molecule has 0 fully saturated rings. The van der Waals surface area contributed by atoms with Crippen LogP contribution in [-0.2, 0) is 4.79 Å². The van der Waals surface area contributed by atoms with Crippen LogP contribution in [0.2, 0.25) is 5.02 Å². The summed E-state index contributed by atoms with van der Waals surface area (Å²) >= 11 is 7.14. The van der Waals surface area contributed by atoms with E-state index in [0.717, 1.165) is 23.1 Å². The van der Waals surface area contributed by atoms with Crippen molar-refractivity contribution in [3.05, 3.63) is 46.1 Å². The fourth-order valence-corrected chi connectivity index (χ4v) is 3.02. The molecule has 1 aromatic heterocycles. The Bertz CT molecular complexity index is 868. The van der Waals surface area contributed by atoms with Crippen molar-refractivity contribution in [2.45, 2.75) is 20.8 Å². The molecular formula is C19H23ClN4O3S. The van der Waals surface area contributed by atoms with E-state index in [2.05, 4.69) is 10.3 Å². The molecule has 5 N–H and O–H groups in total. The molecule has 0 bridgehead atoms. The van der Waals surface area contributed by atoms with E-state index in [4.69, 9.17) is 31.9 Å². The molecule has 0 atom stereocenters. The Kier molecular flexibility index (Phi) is 7.98. The molecule has 1 aliphatic heterocycles. The third-order valence-electron chi connectivity index (χ3n) is 3.63. The number of nitrogens with one attached hydrogen (secondary N) is 1. The maximum atomic E-state index is 12.1. The first-order chi connectivity index (χ1) is 13.5. The largest absolute Gasteiger partial charge is 0.486 e. The highest BCUT2D eigenvalue weighted by molar-refractivity contribution is 8.01. The minimum Gasteiger partial charge on any atom is -0.486 e. The molecule has 0 radical (unpaired) electrons. The molecule has 28 heavy (non-hydrogen) atoms. The van der Waals surface area contributed by atoms with Crippen LogP contribution in [0.15, 0.2) is 41.1 Å². The summed E-state index contributed by atoms with van der Waals surface area (Å²) in [6.45, 7) is 6.60. The number of nitrogens with zero attached hydrogens (tertiary/aromatic N) is 1. The first-order valence-electron chi connectivity index (χ1n) is 8.69. The number of carbonyl (C=O) groups is 1. The fourth-order valence-electron chi connectivity index (χ4n) is 2.41. The van der Waals surface area contributed by atoms with E-state index in [-0.39, 0.29) is 4.91 Å². The van der Waals surface area contributed by atoms with E-state index in [1.54, 1.807) is 31.3 Å². The first kappa shape index (κ1) is 21.9. The van der Waals surface area contributed by atoms with Crippen molar-refractivity contribution >= 4 is 35.3 Å². The van der Waals surface area contributed by atoms with Gasteiger partial charge in [0.1, 0.15) is 23.9 Å². The number of fused-ring (bicyclic) bond motifs is 1. The summed E-state index contributed by atoms with van der Waals surface area (Å²) in [5.74, 6) is 1.23. The predicted molar refractivity (Wildman–Crippen MR) is 114 cm³/mol. The second kappa shape index (κ2) is 10.2. The number of allylic oxidation sites excluding steroid dienone is 1. The van der Waals surface area contributed by atoms with Crippen LogP contribution >= 0.6 is 23.5 Å². The number of halogens is 1. The molecule has 2 aromatic rings. The molecule has 2 heterocycles. The SMILES string of the molecule is C/C(N)=C(/SN)C(=O)Nc1ccc(-c2cc3c(cc2Cl)OCCO3)cn1.CC. The molecule has 0 aliphatic carbocycles. The number of rotatable bonds is 4. The van der Waals surface area contributed by atoms with Gasteiger partial charge in [-0.1, -0.05) is 25.4 Å². The van der Waals surface area contributed by atoms with Gasteiger partial charge in [-0.25, -0.2) is 4.98 Å². The number of carbonyl (C=O) groups excluding carboxylic acids is 1. The van der Waals surface area contributed by atoms with Crippen LogP contribution in [0.5, 0.6) is 11.5 Å². The highest BCUT2D eigenvalue weighted by Gasteiger charge is 2.17. The Morgan fingerprint density at radius 1 is 1.21 bits per heavy atom. The van der Waals surface area contributed by atoms with E-state index in [0.29, 0.717) is 41.3 Å². The molecule has 7 nitrogen and oxygen atoms in total. The summed E-state index contributed by atoms with van der Waals surface area (Å²) in [6, 6.07) is 7.01. The highest BCUT2D eigenvalue weighted by atomic mass is 35.5. The Hall–Kier alpha value is -2.42. The monoisotopic (exact) mass is 422 g/mol. The van der Waals surface area contributed by atoms with Gasteiger partial charge < -0.3 is 20.5 Å². The van der Waals surface area contributed by atoms with E-state index in [1.165, 1.54) is 0 Å². The number of nitrogens with two attached hydrogens (primary N) is 2. The number of pyridine rings is 1. The quantitative estimate of drug-likeness (QED) is 0.505. The van der Waals surface area contributed by atoms with Crippen molar-refractivity contribution in [2.24, 2.45) is 10.9 Å². The Morgan fingerprint density at radius 3 is 2.39 bits per heavy atom. The average molecular weight is 423 g/mol. The molecule has 1 aliphatic rings. The maximum absolute atomic E-state index is 12.1. The molecule has 1 aromatic carbocycles. The average Bonchev–Trinajstić information content (AvgIpc) is 2.70. The van der Waals surface area contributed by atoms with Crippen molar-refractivity contribution in [1.82, 2.24) is 4.98 Å². The number of ether oxygens (including phenoxy) is 2. The highest BCUT2D eigenvalue weighted by Crippen LogP contribution is 2.39. The van der Waals surface area contributed by atoms with E-state index in [1.807, 2.05) is 19.9 Å². The van der Waals surface area contributed by atoms with E-state index >= 15 is 0 Å². The van der Waals surface area contributed by atoms with Gasteiger partial charge in [-0.2, -0.15) is 0 Å². The zero-order chi connectivity index (χ0) is 20.7. The molecule has 9 heteroatoms. The topological polar surface area (TPSA) is 112 Å². The molecule has 0 spiro atoms. The van der Waals surface area contributed by atoms with Crippen LogP contribution in [0.3, 0.4) is 0 Å². The van der Waals surface area contributed by atoms with Gasteiger partial charge in [-0.3, -0.25) is 9.93 Å². The van der Waals surface area contributed by atoms with Crippen molar-refractivity contribution in [2.75, 3.05) is 18.5 Å². The van der Waals surface area contributed by atoms with Gasteiger partial charge in [0.05, 0.1) is 5.02 Å². The molecule has 3 rings (SSSR count). The zero-order valence-corrected chi connectivity index (χ0v) is 17.5. The van der Waals surface area contributed by atoms with Gasteiger partial charge >= 0.3 is 0 Å². The van der Waals surface area contributed by atoms with Gasteiger partial charge in [0.2, 0.25) is 0 Å². The second-order valence-electron chi connectivity index (χ2n) is 5.49. The lowest BCUT2D eigenvalue weighted by molar-refractivity contribution is -0.112. The summed E-state index contributed by atoms with van der Waals surface area (Å²) in [5, 5.41) is 8.64. The Labute approximate surface area is 173 Å².